The molecule has 3 aliphatic heterocycles. The normalized spacial score (nSPS) is 39.6. The van der Waals surface area contributed by atoms with Crippen LogP contribution in [-0.4, -0.2) is 201 Å². The van der Waals surface area contributed by atoms with Gasteiger partial charge in [-0.3, -0.25) is 18.2 Å². The third-order valence-electron chi connectivity index (χ3n) is 7.22. The summed E-state index contributed by atoms with van der Waals surface area (Å²) in [4.78, 5) is 12.3. The van der Waals surface area contributed by atoms with Crippen LogP contribution in [0.2, 0.25) is 0 Å². The molecular weight excluding hydrogens is 818 g/mol. The molecule has 0 spiro atoms. The lowest BCUT2D eigenvalue weighted by atomic mass is 9.95. The maximum atomic E-state index is 12.3. The summed E-state index contributed by atoms with van der Waals surface area (Å²) in [7, 11) is -21.4. The van der Waals surface area contributed by atoms with Crippen molar-refractivity contribution in [1.82, 2.24) is 4.72 Å². The number of nitrogens with one attached hydrogen (secondary N) is 1. The second-order valence-electron chi connectivity index (χ2n) is 10.8. The number of carboxylic acids is 1. The first kappa shape index (κ1) is 44.9. The van der Waals surface area contributed by atoms with E-state index in [2.05, 4.69) is 12.5 Å². The minimum absolute atomic E-state index is 0.762. The second-order valence-corrected chi connectivity index (χ2v) is 15.1. The summed E-state index contributed by atoms with van der Waals surface area (Å²) in [5, 5.41) is 60.5. The largest absolute Gasteiger partial charge is 0.479 e. The van der Waals surface area contributed by atoms with E-state index in [1.165, 1.54) is 4.72 Å². The van der Waals surface area contributed by atoms with Crippen molar-refractivity contribution in [3.63, 3.8) is 0 Å². The lowest BCUT2D eigenvalue weighted by Crippen LogP contribution is -2.69. The van der Waals surface area contributed by atoms with Gasteiger partial charge in [-0.25, -0.2) is 17.3 Å². The number of carboxylic acid groups (broad SMARTS) is 1. The first-order chi connectivity index (χ1) is 23.6. The zero-order valence-electron chi connectivity index (χ0n) is 25.5. The molecule has 3 heterocycles. The van der Waals surface area contributed by atoms with Crippen LogP contribution >= 0.6 is 0 Å². The molecule has 0 aromatic carbocycles. The highest BCUT2D eigenvalue weighted by molar-refractivity contribution is 7.83. The fraction of sp³-hybridized carbons (Fsp3) is 0.947. The molecule has 306 valence electrons. The molecule has 3 rings (SSSR count). The van der Waals surface area contributed by atoms with Crippen molar-refractivity contribution >= 4 is 47.5 Å². The minimum atomic E-state index is -5.67. The van der Waals surface area contributed by atoms with Gasteiger partial charge in [0.1, 0.15) is 61.0 Å². The molecule has 52 heavy (non-hydrogen) atoms. The topological polar surface area (TPSA) is 451 Å². The molecule has 0 bridgehead atoms. The molecule has 3 aliphatic rings. The molecule has 3 saturated heterocycles. The van der Waals surface area contributed by atoms with Crippen molar-refractivity contribution in [2.24, 2.45) is 0 Å². The first-order valence-corrected chi connectivity index (χ1v) is 19.2. The number of carbonyl (C=O) groups is 1. The monoisotopic (exact) mass is 851 g/mol. The predicted octanol–water partition coefficient (Wildman–Crippen LogP) is -7.95. The minimum Gasteiger partial charge on any atom is -0.479 e. The van der Waals surface area contributed by atoms with E-state index in [0.717, 1.165) is 7.11 Å². The molecule has 3 fully saturated rings. The molecule has 0 aromatic rings. The Bertz CT molecular complexity index is 1670. The van der Waals surface area contributed by atoms with E-state index in [1.54, 1.807) is 0 Å². The van der Waals surface area contributed by atoms with Crippen molar-refractivity contribution in [2.75, 3.05) is 20.3 Å². The smallest absolute Gasteiger partial charge is 0.397 e. The first-order valence-electron chi connectivity index (χ1n) is 13.7. The van der Waals surface area contributed by atoms with E-state index in [9.17, 15) is 82.8 Å². The fourth-order valence-electron chi connectivity index (χ4n) is 5.11. The number of aliphatic hydroxyl groups is 5. The molecule has 29 nitrogen and oxygen atoms in total. The molecule has 0 saturated carbocycles. The summed E-state index contributed by atoms with van der Waals surface area (Å²) in [6.07, 6.45) is -32.4. The summed E-state index contributed by atoms with van der Waals surface area (Å²) in [5.41, 5.74) is 0. The summed E-state index contributed by atoms with van der Waals surface area (Å²) >= 11 is 0. The van der Waals surface area contributed by atoms with E-state index in [1.807, 2.05) is 0 Å². The Morgan fingerprint density at radius 2 is 1.23 bits per heavy atom. The number of ether oxygens (including phenoxy) is 6. The molecule has 0 aromatic heterocycles. The molecule has 11 N–H and O–H groups in total. The standard InChI is InChI=1S/C19H33NO28S4/c1-40-11-5(3-42-50(31,32)33)44-18(6(20-49(28,29)30)12(11)47-51(34,35)36)45-13-10(24)14(48-52(37,38)39)19(46-15(13)16(25)26)41-2-4-7(21)8(22)9(23)17(27)43-4/h4-15,17-24,27H,2-3H2,1H3,(H,25,26)(H,28,29,30)(H,31,32,33)(H,34,35,36)(H,37,38,39)/t4-,5-,6-,7-,8+,9-,10+,11-,12-,13+,14-,15-,17?,18-,19-/m1/s1. The third kappa shape index (κ3) is 12.3. The van der Waals surface area contributed by atoms with Crippen molar-refractivity contribution < 1.29 is 128 Å². The summed E-state index contributed by atoms with van der Waals surface area (Å²) in [6.45, 7) is -2.44. The molecule has 0 amide bonds. The van der Waals surface area contributed by atoms with Gasteiger partial charge in [0.25, 0.3) is 0 Å². The van der Waals surface area contributed by atoms with Gasteiger partial charge in [-0.15, -0.1) is 0 Å². The lowest BCUT2D eigenvalue weighted by Gasteiger charge is -2.48. The number of hydrogen-bond acceptors (Lipinski definition) is 23. The van der Waals surface area contributed by atoms with Crippen molar-refractivity contribution in [3.05, 3.63) is 0 Å². The average molecular weight is 852 g/mol. The van der Waals surface area contributed by atoms with Gasteiger partial charge in [-0.1, -0.05) is 0 Å². The molecule has 0 radical (unpaired) electrons. The highest BCUT2D eigenvalue weighted by atomic mass is 32.3. The van der Waals surface area contributed by atoms with Crippen LogP contribution in [0.1, 0.15) is 0 Å². The van der Waals surface area contributed by atoms with Crippen LogP contribution in [-0.2, 0) is 87.3 Å². The highest BCUT2D eigenvalue weighted by Crippen LogP contribution is 2.34. The van der Waals surface area contributed by atoms with Crippen LogP contribution in [0.25, 0.3) is 0 Å². The fourth-order valence-corrected chi connectivity index (χ4v) is 7.00. The van der Waals surface area contributed by atoms with Crippen LogP contribution < -0.4 is 4.72 Å². The van der Waals surface area contributed by atoms with E-state index in [-0.39, 0.29) is 0 Å². The Morgan fingerprint density at radius 1 is 0.654 bits per heavy atom. The Morgan fingerprint density at radius 3 is 1.73 bits per heavy atom. The van der Waals surface area contributed by atoms with Crippen LogP contribution in [0.4, 0.5) is 0 Å². The Kier molecular flexibility index (Phi) is 14.8. The van der Waals surface area contributed by atoms with E-state index < -0.39 is 153 Å². The Labute approximate surface area is 292 Å². The summed E-state index contributed by atoms with van der Waals surface area (Å²) < 4.78 is 175. The van der Waals surface area contributed by atoms with Gasteiger partial charge in [-0.05, 0) is 0 Å². The number of hydrogen-bond donors (Lipinski definition) is 11. The maximum absolute atomic E-state index is 12.3. The van der Waals surface area contributed by atoms with E-state index in [0.29, 0.717) is 0 Å². The highest BCUT2D eigenvalue weighted by Gasteiger charge is 2.57. The number of aliphatic carboxylic acids is 1. The third-order valence-corrected chi connectivity index (χ3v) is 9.15. The van der Waals surface area contributed by atoms with Crippen LogP contribution in [0, 0.1) is 0 Å². The van der Waals surface area contributed by atoms with Crippen LogP contribution in [0.15, 0.2) is 0 Å². The van der Waals surface area contributed by atoms with Crippen molar-refractivity contribution in [3.8, 4) is 0 Å². The van der Waals surface area contributed by atoms with Gasteiger partial charge in [0.2, 0.25) is 0 Å². The Balaban J connectivity index is 2.05. The van der Waals surface area contributed by atoms with Gasteiger partial charge in [0, 0.05) is 7.11 Å². The summed E-state index contributed by atoms with van der Waals surface area (Å²) in [5.74, 6) is -2.12. The van der Waals surface area contributed by atoms with Gasteiger partial charge >= 0.3 is 47.5 Å². The molecule has 0 aliphatic carbocycles. The zero-order valence-corrected chi connectivity index (χ0v) is 28.8. The quantitative estimate of drug-likeness (QED) is 0.0642. The zero-order chi connectivity index (χ0) is 39.7. The van der Waals surface area contributed by atoms with Gasteiger partial charge < -0.3 is 59.1 Å². The average Bonchev–Trinajstić information content (AvgIpc) is 2.97. The van der Waals surface area contributed by atoms with Gasteiger partial charge in [0.05, 0.1) is 13.2 Å². The molecular formula is C19H33NO28S4. The van der Waals surface area contributed by atoms with Crippen LogP contribution in [0.3, 0.4) is 0 Å². The van der Waals surface area contributed by atoms with Crippen LogP contribution in [0.5, 0.6) is 0 Å². The lowest BCUT2D eigenvalue weighted by molar-refractivity contribution is -0.344. The maximum Gasteiger partial charge on any atom is 0.397 e. The number of aliphatic hydroxyl groups excluding tert-OH is 5. The molecule has 1 unspecified atom stereocenters. The van der Waals surface area contributed by atoms with E-state index >= 15 is 0 Å². The number of methoxy groups -OCH3 is 1. The van der Waals surface area contributed by atoms with Crippen molar-refractivity contribution in [1.29, 1.82) is 0 Å². The second kappa shape index (κ2) is 17.1. The summed E-state index contributed by atoms with van der Waals surface area (Å²) in [6, 6.07) is -2.53. The molecule has 15 atom stereocenters. The number of rotatable bonds is 16. The van der Waals surface area contributed by atoms with Crippen molar-refractivity contribution in [2.45, 2.75) is 92.1 Å². The van der Waals surface area contributed by atoms with Gasteiger partial charge in [-0.2, -0.15) is 38.4 Å². The van der Waals surface area contributed by atoms with E-state index in [4.69, 9.17) is 33.0 Å². The molecule has 33 heteroatoms. The predicted molar refractivity (Wildman–Crippen MR) is 150 cm³/mol. The van der Waals surface area contributed by atoms with Gasteiger partial charge in [0.15, 0.2) is 31.1 Å². The Hall–Kier alpha value is -1.49. The SMILES string of the molecule is CO[C@H]1[C@H](OS(=O)(=O)O)[C@@H](NS(=O)(=O)O)[C@@H](O[C@H]2[C@H](O)[C@@H](OS(=O)(=O)O)[C@H](OC[C@H]3OC(O)[C@H](O)[C@@H](O)[C@@H]3O)O[C@H]2C(=O)O)O[C@@H]1COS(=O)(=O)O.